The minimum Gasteiger partial charge on any atom is -0.480 e. The smallest absolute Gasteiger partial charge is 0.322 e. The summed E-state index contributed by atoms with van der Waals surface area (Å²) in [5.74, 6) is -0.570. The van der Waals surface area contributed by atoms with Crippen molar-refractivity contribution in [1.29, 1.82) is 0 Å². The fourth-order valence-electron chi connectivity index (χ4n) is 1.23. The standard InChI is InChI=1S/C11H13NO3S/c1-16-7-8-3-2-4-9(5-8)11(15)12-6-10(13)14/h2-5H,6-7H2,1H3,(H,12,15)(H,13,14). The average molecular weight is 239 g/mol. The van der Waals surface area contributed by atoms with E-state index in [-0.39, 0.29) is 12.5 Å². The molecule has 0 radical (unpaired) electrons. The summed E-state index contributed by atoms with van der Waals surface area (Å²) in [5.41, 5.74) is 1.54. The Morgan fingerprint density at radius 2 is 2.19 bits per heavy atom. The van der Waals surface area contributed by atoms with E-state index in [9.17, 15) is 9.59 Å². The normalized spacial score (nSPS) is 9.81. The molecule has 0 unspecified atom stereocenters. The Bertz CT molecular complexity index is 393. The number of carbonyl (C=O) groups excluding carboxylic acids is 1. The molecule has 0 fully saturated rings. The molecule has 1 aromatic carbocycles. The number of benzene rings is 1. The Hall–Kier alpha value is -1.49. The Kier molecular flexibility index (Phi) is 4.85. The van der Waals surface area contributed by atoms with Crippen molar-refractivity contribution in [1.82, 2.24) is 5.32 Å². The first-order valence-corrected chi connectivity index (χ1v) is 6.10. The van der Waals surface area contributed by atoms with Crippen LogP contribution in [0.25, 0.3) is 0 Å². The fourth-order valence-corrected chi connectivity index (χ4v) is 1.74. The van der Waals surface area contributed by atoms with Crippen LogP contribution in [-0.2, 0) is 10.5 Å². The number of hydrogen-bond donors (Lipinski definition) is 2. The average Bonchev–Trinajstić information content (AvgIpc) is 2.26. The van der Waals surface area contributed by atoms with Crippen LogP contribution in [0.1, 0.15) is 15.9 Å². The third-order valence-electron chi connectivity index (χ3n) is 1.90. The van der Waals surface area contributed by atoms with Gasteiger partial charge in [-0.2, -0.15) is 11.8 Å². The molecule has 1 rings (SSSR count). The molecular formula is C11H13NO3S. The van der Waals surface area contributed by atoms with Gasteiger partial charge in [0.25, 0.3) is 5.91 Å². The van der Waals surface area contributed by atoms with Crippen molar-refractivity contribution in [3.05, 3.63) is 35.4 Å². The lowest BCUT2D eigenvalue weighted by atomic mass is 10.1. The molecule has 0 saturated heterocycles. The van der Waals surface area contributed by atoms with Gasteiger partial charge in [-0.1, -0.05) is 12.1 Å². The number of carboxylic acids is 1. The predicted molar refractivity (Wildman–Crippen MR) is 63.6 cm³/mol. The van der Waals surface area contributed by atoms with Crippen LogP contribution in [0, 0.1) is 0 Å². The molecule has 0 saturated carbocycles. The van der Waals surface area contributed by atoms with Gasteiger partial charge >= 0.3 is 5.97 Å². The summed E-state index contributed by atoms with van der Waals surface area (Å²) in [4.78, 5) is 21.8. The Morgan fingerprint density at radius 3 is 2.81 bits per heavy atom. The molecule has 0 spiro atoms. The van der Waals surface area contributed by atoms with E-state index >= 15 is 0 Å². The van der Waals surface area contributed by atoms with E-state index in [0.717, 1.165) is 11.3 Å². The highest BCUT2D eigenvalue weighted by Gasteiger charge is 2.07. The van der Waals surface area contributed by atoms with Crippen LogP contribution in [-0.4, -0.2) is 29.8 Å². The van der Waals surface area contributed by atoms with E-state index in [1.165, 1.54) is 0 Å². The molecule has 0 bridgehead atoms. The van der Waals surface area contributed by atoms with Gasteiger partial charge in [0.05, 0.1) is 0 Å². The summed E-state index contributed by atoms with van der Waals surface area (Å²) in [7, 11) is 0. The van der Waals surface area contributed by atoms with Crippen molar-refractivity contribution in [3.63, 3.8) is 0 Å². The lowest BCUT2D eigenvalue weighted by Gasteiger charge is -2.04. The zero-order valence-electron chi connectivity index (χ0n) is 8.90. The SMILES string of the molecule is CSCc1cccc(C(=O)NCC(=O)O)c1. The summed E-state index contributed by atoms with van der Waals surface area (Å²) in [5, 5.41) is 10.8. The number of carboxylic acid groups (broad SMARTS) is 1. The van der Waals surface area contributed by atoms with E-state index in [2.05, 4.69) is 5.32 Å². The van der Waals surface area contributed by atoms with Gasteiger partial charge in [-0.15, -0.1) is 0 Å². The quantitative estimate of drug-likeness (QED) is 0.814. The van der Waals surface area contributed by atoms with Crippen molar-refractivity contribution in [2.75, 3.05) is 12.8 Å². The zero-order valence-corrected chi connectivity index (χ0v) is 9.71. The minimum atomic E-state index is -1.05. The summed E-state index contributed by atoms with van der Waals surface area (Å²) in [6, 6.07) is 7.17. The minimum absolute atomic E-state index is 0.356. The van der Waals surface area contributed by atoms with E-state index in [0.29, 0.717) is 5.56 Å². The van der Waals surface area contributed by atoms with Gasteiger partial charge in [0.2, 0.25) is 0 Å². The third kappa shape index (κ3) is 3.94. The van der Waals surface area contributed by atoms with Crippen LogP contribution >= 0.6 is 11.8 Å². The van der Waals surface area contributed by atoms with Gasteiger partial charge in [-0.05, 0) is 24.0 Å². The van der Waals surface area contributed by atoms with Crippen LogP contribution in [0.5, 0.6) is 0 Å². The zero-order chi connectivity index (χ0) is 12.0. The molecule has 86 valence electrons. The number of nitrogens with one attached hydrogen (secondary N) is 1. The molecule has 2 N–H and O–H groups in total. The fraction of sp³-hybridized carbons (Fsp3) is 0.273. The van der Waals surface area contributed by atoms with Crippen molar-refractivity contribution < 1.29 is 14.7 Å². The van der Waals surface area contributed by atoms with E-state index < -0.39 is 5.97 Å². The van der Waals surface area contributed by atoms with Crippen molar-refractivity contribution in [3.8, 4) is 0 Å². The second-order valence-electron chi connectivity index (χ2n) is 3.21. The number of hydrogen-bond acceptors (Lipinski definition) is 3. The molecular weight excluding hydrogens is 226 g/mol. The summed E-state index contributed by atoms with van der Waals surface area (Å²) >= 11 is 1.67. The van der Waals surface area contributed by atoms with Crippen LogP contribution < -0.4 is 5.32 Å². The van der Waals surface area contributed by atoms with Crippen molar-refractivity contribution in [2.45, 2.75) is 5.75 Å². The van der Waals surface area contributed by atoms with Crippen LogP contribution in [0.3, 0.4) is 0 Å². The highest BCUT2D eigenvalue weighted by Crippen LogP contribution is 2.11. The molecule has 16 heavy (non-hydrogen) atoms. The number of carbonyl (C=O) groups is 2. The first kappa shape index (κ1) is 12.6. The van der Waals surface area contributed by atoms with Crippen LogP contribution in [0.4, 0.5) is 0 Å². The van der Waals surface area contributed by atoms with Gasteiger partial charge in [0, 0.05) is 11.3 Å². The highest BCUT2D eigenvalue weighted by molar-refractivity contribution is 7.97. The second-order valence-corrected chi connectivity index (χ2v) is 4.08. The molecule has 5 heteroatoms. The molecule has 0 aliphatic carbocycles. The lowest BCUT2D eigenvalue weighted by Crippen LogP contribution is -2.29. The maximum Gasteiger partial charge on any atom is 0.322 e. The Labute approximate surface area is 98.0 Å². The molecule has 0 aliphatic heterocycles. The molecule has 1 amide bonds. The molecule has 4 nitrogen and oxygen atoms in total. The first-order chi connectivity index (χ1) is 7.63. The van der Waals surface area contributed by atoms with Crippen LogP contribution in [0.2, 0.25) is 0 Å². The summed E-state index contributed by atoms with van der Waals surface area (Å²) in [6.07, 6.45) is 1.98. The molecule has 0 atom stereocenters. The molecule has 1 aromatic rings. The third-order valence-corrected chi connectivity index (χ3v) is 2.52. The molecule has 0 aliphatic rings. The van der Waals surface area contributed by atoms with Gasteiger partial charge in [0.1, 0.15) is 6.54 Å². The van der Waals surface area contributed by atoms with Gasteiger partial charge in [0.15, 0.2) is 0 Å². The number of rotatable bonds is 5. The number of aliphatic carboxylic acids is 1. The maximum atomic E-state index is 11.5. The largest absolute Gasteiger partial charge is 0.480 e. The molecule has 0 heterocycles. The Balaban J connectivity index is 2.67. The first-order valence-electron chi connectivity index (χ1n) is 4.71. The predicted octanol–water partition coefficient (Wildman–Crippen LogP) is 1.36. The van der Waals surface area contributed by atoms with Crippen molar-refractivity contribution in [2.24, 2.45) is 0 Å². The number of thioether (sulfide) groups is 1. The van der Waals surface area contributed by atoms with Gasteiger partial charge < -0.3 is 10.4 Å². The lowest BCUT2D eigenvalue weighted by molar-refractivity contribution is -0.135. The topological polar surface area (TPSA) is 66.4 Å². The monoisotopic (exact) mass is 239 g/mol. The Morgan fingerprint density at radius 1 is 1.44 bits per heavy atom. The van der Waals surface area contributed by atoms with E-state index in [4.69, 9.17) is 5.11 Å². The van der Waals surface area contributed by atoms with E-state index in [1.807, 2.05) is 12.3 Å². The summed E-state index contributed by atoms with van der Waals surface area (Å²) in [6.45, 7) is -0.356. The van der Waals surface area contributed by atoms with Gasteiger partial charge in [-0.3, -0.25) is 9.59 Å². The number of amides is 1. The highest BCUT2D eigenvalue weighted by atomic mass is 32.2. The van der Waals surface area contributed by atoms with E-state index in [1.54, 1.807) is 30.0 Å². The maximum absolute atomic E-state index is 11.5. The van der Waals surface area contributed by atoms with Crippen molar-refractivity contribution >= 4 is 23.6 Å². The molecule has 0 aromatic heterocycles. The van der Waals surface area contributed by atoms with Gasteiger partial charge in [-0.25, -0.2) is 0 Å². The second kappa shape index (κ2) is 6.17. The summed E-state index contributed by atoms with van der Waals surface area (Å²) < 4.78 is 0. The van der Waals surface area contributed by atoms with Crippen LogP contribution in [0.15, 0.2) is 24.3 Å².